The lowest BCUT2D eigenvalue weighted by Crippen LogP contribution is -2.39. The van der Waals surface area contributed by atoms with Crippen LogP contribution >= 0.6 is 0 Å². The predicted molar refractivity (Wildman–Crippen MR) is 47.5 cm³/mol. The molecule has 0 aliphatic heterocycles. The van der Waals surface area contributed by atoms with Gasteiger partial charge in [-0.25, -0.2) is 9.78 Å². The van der Waals surface area contributed by atoms with E-state index in [-0.39, 0.29) is 13.2 Å². The molecule has 0 unspecified atom stereocenters. The van der Waals surface area contributed by atoms with Crippen LogP contribution in [0.2, 0.25) is 0 Å². The molecule has 0 bridgehead atoms. The number of amides is 2. The smallest absolute Gasteiger partial charge is 0.336 e. The highest BCUT2D eigenvalue weighted by atomic mass is 16.3. The lowest BCUT2D eigenvalue weighted by Gasteiger charge is -2.17. The van der Waals surface area contributed by atoms with E-state index in [1.807, 2.05) is 0 Å². The molecule has 0 fully saturated rings. The number of imide groups is 1. The molecule has 2 amide bonds. The van der Waals surface area contributed by atoms with Crippen molar-refractivity contribution in [1.82, 2.24) is 14.5 Å². The first-order valence-corrected chi connectivity index (χ1v) is 4.08. The quantitative estimate of drug-likeness (QED) is 0.705. The summed E-state index contributed by atoms with van der Waals surface area (Å²) in [7, 11) is 0. The Hall–Kier alpha value is -1.69. The van der Waals surface area contributed by atoms with Gasteiger partial charge in [0, 0.05) is 19.3 Å². The third-order valence-corrected chi connectivity index (χ3v) is 1.66. The van der Waals surface area contributed by atoms with Gasteiger partial charge in [0.15, 0.2) is 0 Å². The van der Waals surface area contributed by atoms with E-state index in [9.17, 15) is 9.59 Å². The molecule has 76 valence electrons. The van der Waals surface area contributed by atoms with Crippen molar-refractivity contribution in [2.24, 2.45) is 0 Å². The molecule has 14 heavy (non-hydrogen) atoms. The summed E-state index contributed by atoms with van der Waals surface area (Å²) in [5.41, 5.74) is 0. The van der Waals surface area contributed by atoms with Crippen LogP contribution in [0.15, 0.2) is 18.7 Å². The highest BCUT2D eigenvalue weighted by Gasteiger charge is 2.18. The van der Waals surface area contributed by atoms with Crippen LogP contribution in [-0.2, 0) is 4.79 Å². The monoisotopic (exact) mass is 197 g/mol. The van der Waals surface area contributed by atoms with Gasteiger partial charge >= 0.3 is 6.03 Å². The van der Waals surface area contributed by atoms with Gasteiger partial charge in [-0.15, -0.1) is 0 Å². The molecule has 6 heteroatoms. The summed E-state index contributed by atoms with van der Waals surface area (Å²) in [6.07, 6.45) is 4.18. The Morgan fingerprint density at radius 1 is 1.57 bits per heavy atom. The number of rotatable bonds is 2. The number of nitrogens with zero attached hydrogens (tertiary/aromatic N) is 3. The summed E-state index contributed by atoms with van der Waals surface area (Å²) >= 11 is 0. The molecular formula is C8H11N3O3. The average Bonchev–Trinajstić information content (AvgIpc) is 2.65. The Morgan fingerprint density at radius 3 is 2.71 bits per heavy atom. The van der Waals surface area contributed by atoms with Gasteiger partial charge in [0.25, 0.3) is 0 Å². The molecule has 1 aromatic rings. The fourth-order valence-corrected chi connectivity index (χ4v) is 0.999. The van der Waals surface area contributed by atoms with Gasteiger partial charge in [-0.1, -0.05) is 0 Å². The van der Waals surface area contributed by atoms with Crippen molar-refractivity contribution >= 4 is 11.9 Å². The Morgan fingerprint density at radius 2 is 2.29 bits per heavy atom. The molecule has 0 aliphatic carbocycles. The molecule has 0 atom stereocenters. The molecule has 1 heterocycles. The number of aromatic nitrogens is 2. The fraction of sp³-hybridized carbons (Fsp3) is 0.375. The molecule has 0 aliphatic rings. The largest absolute Gasteiger partial charge is 0.395 e. The number of hydrogen-bond acceptors (Lipinski definition) is 4. The molecule has 0 radical (unpaired) electrons. The molecular weight excluding hydrogens is 186 g/mol. The van der Waals surface area contributed by atoms with Crippen LogP contribution in [0, 0.1) is 0 Å². The van der Waals surface area contributed by atoms with Crippen LogP contribution in [0.25, 0.3) is 0 Å². The summed E-state index contributed by atoms with van der Waals surface area (Å²) in [4.78, 5) is 27.2. The van der Waals surface area contributed by atoms with Gasteiger partial charge < -0.3 is 5.11 Å². The van der Waals surface area contributed by atoms with Crippen LogP contribution in [0.5, 0.6) is 0 Å². The van der Waals surface area contributed by atoms with E-state index in [2.05, 4.69) is 4.98 Å². The topological polar surface area (TPSA) is 75.4 Å². The zero-order valence-corrected chi connectivity index (χ0v) is 7.75. The molecule has 1 aromatic heterocycles. The van der Waals surface area contributed by atoms with E-state index < -0.39 is 11.9 Å². The van der Waals surface area contributed by atoms with Crippen molar-refractivity contribution in [1.29, 1.82) is 0 Å². The van der Waals surface area contributed by atoms with Crippen LogP contribution in [0.4, 0.5) is 4.79 Å². The molecule has 1 N–H and O–H groups in total. The third kappa shape index (κ3) is 2.17. The maximum Gasteiger partial charge on any atom is 0.336 e. The van der Waals surface area contributed by atoms with Gasteiger partial charge in [0.05, 0.1) is 13.2 Å². The minimum absolute atomic E-state index is 0.00759. The molecule has 0 saturated carbocycles. The number of carbonyl (C=O) groups excluding carboxylic acids is 2. The van der Waals surface area contributed by atoms with E-state index >= 15 is 0 Å². The molecule has 0 saturated heterocycles. The Labute approximate surface area is 80.8 Å². The fourth-order valence-electron chi connectivity index (χ4n) is 0.999. The van der Waals surface area contributed by atoms with Crippen LogP contribution in [0.3, 0.4) is 0 Å². The standard InChI is InChI=1S/C8H11N3O3/c1-7(13)11(4-5-12)8(14)10-3-2-9-6-10/h2-3,6,12H,4-5H2,1H3. The highest BCUT2D eigenvalue weighted by molar-refractivity contribution is 5.94. The Balaban J connectivity index is 2.79. The van der Waals surface area contributed by atoms with Crippen LogP contribution < -0.4 is 0 Å². The van der Waals surface area contributed by atoms with Crippen molar-refractivity contribution in [3.63, 3.8) is 0 Å². The number of aliphatic hydroxyl groups is 1. The van der Waals surface area contributed by atoms with Gasteiger partial charge in [-0.05, 0) is 0 Å². The maximum absolute atomic E-state index is 11.6. The van der Waals surface area contributed by atoms with E-state index in [4.69, 9.17) is 5.11 Å². The lowest BCUT2D eigenvalue weighted by molar-refractivity contribution is -0.126. The van der Waals surface area contributed by atoms with E-state index in [0.29, 0.717) is 0 Å². The second kappa shape index (κ2) is 4.52. The second-order valence-corrected chi connectivity index (χ2v) is 2.65. The zero-order chi connectivity index (χ0) is 10.6. The molecule has 6 nitrogen and oxygen atoms in total. The SMILES string of the molecule is CC(=O)N(CCO)C(=O)n1ccnc1. The van der Waals surface area contributed by atoms with Crippen molar-refractivity contribution in [2.45, 2.75) is 6.92 Å². The third-order valence-electron chi connectivity index (χ3n) is 1.66. The number of aliphatic hydroxyl groups excluding tert-OH is 1. The van der Waals surface area contributed by atoms with Crippen molar-refractivity contribution in [2.75, 3.05) is 13.2 Å². The predicted octanol–water partition coefficient (Wildman–Crippen LogP) is -0.308. The summed E-state index contributed by atoms with van der Waals surface area (Å²) in [6, 6.07) is -0.510. The highest BCUT2D eigenvalue weighted by Crippen LogP contribution is 1.96. The van der Waals surface area contributed by atoms with Crippen LogP contribution in [0.1, 0.15) is 6.92 Å². The summed E-state index contributed by atoms with van der Waals surface area (Å²) < 4.78 is 1.18. The summed E-state index contributed by atoms with van der Waals surface area (Å²) in [6.45, 7) is 1.01. The lowest BCUT2D eigenvalue weighted by atomic mass is 10.5. The van der Waals surface area contributed by atoms with Crippen molar-refractivity contribution in [3.05, 3.63) is 18.7 Å². The maximum atomic E-state index is 11.6. The number of imidazole rings is 1. The summed E-state index contributed by atoms with van der Waals surface area (Å²) in [5.74, 6) is -0.405. The van der Waals surface area contributed by atoms with Crippen molar-refractivity contribution in [3.8, 4) is 0 Å². The van der Waals surface area contributed by atoms with Gasteiger partial charge in [-0.2, -0.15) is 0 Å². The first-order valence-electron chi connectivity index (χ1n) is 4.08. The minimum atomic E-state index is -0.510. The van der Waals surface area contributed by atoms with Crippen LogP contribution in [-0.4, -0.2) is 44.6 Å². The van der Waals surface area contributed by atoms with Gasteiger partial charge in [0.2, 0.25) is 5.91 Å². The molecule has 0 aromatic carbocycles. The van der Waals surface area contributed by atoms with E-state index in [0.717, 1.165) is 4.90 Å². The number of hydrogen-bond donors (Lipinski definition) is 1. The first-order chi connectivity index (χ1) is 6.66. The molecule has 1 rings (SSSR count). The van der Waals surface area contributed by atoms with Gasteiger partial charge in [0.1, 0.15) is 6.33 Å². The second-order valence-electron chi connectivity index (χ2n) is 2.65. The average molecular weight is 197 g/mol. The summed E-state index contributed by atoms with van der Waals surface area (Å²) in [5, 5.41) is 8.66. The number of carbonyl (C=O) groups is 2. The van der Waals surface area contributed by atoms with E-state index in [1.165, 1.54) is 30.2 Å². The zero-order valence-electron chi connectivity index (χ0n) is 7.75. The Bertz CT molecular complexity index is 321. The van der Waals surface area contributed by atoms with Crippen molar-refractivity contribution < 1.29 is 14.7 Å². The van der Waals surface area contributed by atoms with Gasteiger partial charge in [-0.3, -0.25) is 14.3 Å². The minimum Gasteiger partial charge on any atom is -0.395 e. The first kappa shape index (κ1) is 10.4. The normalized spacial score (nSPS) is 9.86. The van der Waals surface area contributed by atoms with E-state index in [1.54, 1.807) is 0 Å². The molecule has 0 spiro atoms. The Kier molecular flexibility index (Phi) is 3.35.